The maximum absolute atomic E-state index is 12.8. The molecule has 0 atom stereocenters. The van der Waals surface area contributed by atoms with E-state index in [0.717, 1.165) is 35.9 Å². The molecule has 1 amide bonds. The predicted octanol–water partition coefficient (Wildman–Crippen LogP) is 4.85. The number of nitrogens with zero attached hydrogens (tertiary/aromatic N) is 3. The number of hydrogen-bond donors (Lipinski definition) is 1. The monoisotopic (exact) mass is 420 g/mol. The fraction of sp³-hybridized carbons (Fsp3) is 0.440. The summed E-state index contributed by atoms with van der Waals surface area (Å²) in [7, 11) is 0. The smallest absolute Gasteiger partial charge is 0.259 e. The van der Waals surface area contributed by atoms with E-state index >= 15 is 0 Å². The number of hydrogen-bond acceptors (Lipinski definition) is 4. The zero-order valence-corrected chi connectivity index (χ0v) is 18.6. The number of piperidine rings is 1. The Labute approximate surface area is 184 Å². The van der Waals surface area contributed by atoms with Crippen LogP contribution in [0, 0.1) is 13.8 Å². The van der Waals surface area contributed by atoms with Crippen LogP contribution in [0.5, 0.6) is 5.75 Å². The first-order valence-electron chi connectivity index (χ1n) is 11.3. The lowest BCUT2D eigenvalue weighted by Gasteiger charge is -2.26. The van der Waals surface area contributed by atoms with Crippen LogP contribution in [-0.4, -0.2) is 46.4 Å². The Hall–Kier alpha value is -2.86. The summed E-state index contributed by atoms with van der Waals surface area (Å²) in [5, 5.41) is 2.96. The third-order valence-corrected chi connectivity index (χ3v) is 5.88. The Bertz CT molecular complexity index is 1020. The fourth-order valence-electron chi connectivity index (χ4n) is 4.21. The van der Waals surface area contributed by atoms with Crippen LogP contribution in [0.1, 0.15) is 53.8 Å². The van der Waals surface area contributed by atoms with Crippen molar-refractivity contribution >= 4 is 17.2 Å². The minimum atomic E-state index is -0.161. The van der Waals surface area contributed by atoms with Gasteiger partial charge in [-0.3, -0.25) is 4.79 Å². The van der Waals surface area contributed by atoms with Crippen molar-refractivity contribution in [3.05, 3.63) is 59.5 Å². The van der Waals surface area contributed by atoms with E-state index in [1.165, 1.54) is 45.3 Å². The summed E-state index contributed by atoms with van der Waals surface area (Å²) >= 11 is 0. The van der Waals surface area contributed by atoms with E-state index in [1.807, 2.05) is 60.8 Å². The zero-order valence-electron chi connectivity index (χ0n) is 18.6. The summed E-state index contributed by atoms with van der Waals surface area (Å²) in [6.07, 6.45) is 8.18. The van der Waals surface area contributed by atoms with E-state index in [9.17, 15) is 4.79 Å². The van der Waals surface area contributed by atoms with Crippen LogP contribution in [0.4, 0.5) is 5.69 Å². The topological polar surface area (TPSA) is 58.9 Å². The van der Waals surface area contributed by atoms with Crippen molar-refractivity contribution in [3.63, 3.8) is 0 Å². The van der Waals surface area contributed by atoms with Gasteiger partial charge in [-0.25, -0.2) is 4.98 Å². The molecule has 1 aromatic carbocycles. The van der Waals surface area contributed by atoms with Crippen LogP contribution in [0.3, 0.4) is 0 Å². The normalized spacial score (nSPS) is 14.6. The summed E-state index contributed by atoms with van der Waals surface area (Å²) in [6.45, 7) is 8.35. The summed E-state index contributed by atoms with van der Waals surface area (Å²) in [4.78, 5) is 19.9. The maximum atomic E-state index is 12.8. The number of benzene rings is 1. The third-order valence-electron chi connectivity index (χ3n) is 5.88. The predicted molar refractivity (Wildman–Crippen MR) is 124 cm³/mol. The number of likely N-dealkylation sites (tertiary alicyclic amines) is 1. The van der Waals surface area contributed by atoms with Crippen LogP contribution in [0.25, 0.3) is 5.65 Å². The van der Waals surface area contributed by atoms with Gasteiger partial charge in [-0.2, -0.15) is 0 Å². The van der Waals surface area contributed by atoms with Crippen molar-refractivity contribution in [3.8, 4) is 5.75 Å². The second-order valence-electron chi connectivity index (χ2n) is 8.40. The lowest BCUT2D eigenvalue weighted by atomic mass is 10.1. The van der Waals surface area contributed by atoms with E-state index in [4.69, 9.17) is 4.74 Å². The summed E-state index contributed by atoms with van der Waals surface area (Å²) in [5.74, 6) is 0.671. The van der Waals surface area contributed by atoms with Gasteiger partial charge in [-0.1, -0.05) is 6.42 Å². The number of ether oxygens (including phenoxy) is 1. The zero-order chi connectivity index (χ0) is 21.6. The second-order valence-corrected chi connectivity index (χ2v) is 8.40. The Morgan fingerprint density at radius 2 is 1.84 bits per heavy atom. The SMILES string of the molecule is Cc1cc(C)n2ccc(C(=O)Nc3ccc(OCCCCN4CCCCC4)cc3)c2n1. The van der Waals surface area contributed by atoms with Gasteiger partial charge >= 0.3 is 0 Å². The maximum Gasteiger partial charge on any atom is 0.259 e. The Kier molecular flexibility index (Phi) is 6.87. The van der Waals surface area contributed by atoms with E-state index in [2.05, 4.69) is 15.2 Å². The van der Waals surface area contributed by atoms with Crippen LogP contribution < -0.4 is 10.1 Å². The summed E-state index contributed by atoms with van der Waals surface area (Å²) in [6, 6.07) is 11.4. The third kappa shape index (κ3) is 5.44. The number of carbonyl (C=O) groups is 1. The van der Waals surface area contributed by atoms with E-state index < -0.39 is 0 Å². The van der Waals surface area contributed by atoms with Crippen molar-refractivity contribution in [2.75, 3.05) is 31.6 Å². The highest BCUT2D eigenvalue weighted by Crippen LogP contribution is 2.19. The molecule has 6 nitrogen and oxygen atoms in total. The molecule has 3 aromatic rings. The molecule has 0 unspecified atom stereocenters. The number of anilines is 1. The molecule has 1 N–H and O–H groups in total. The van der Waals surface area contributed by atoms with Crippen molar-refractivity contribution in [1.82, 2.24) is 14.3 Å². The molecule has 4 rings (SSSR count). The first-order chi connectivity index (χ1) is 15.1. The highest BCUT2D eigenvalue weighted by molar-refractivity contribution is 6.08. The van der Waals surface area contributed by atoms with Gasteiger partial charge in [0.05, 0.1) is 12.2 Å². The van der Waals surface area contributed by atoms with Crippen LogP contribution >= 0.6 is 0 Å². The van der Waals surface area contributed by atoms with Gasteiger partial charge in [0, 0.05) is 23.3 Å². The van der Waals surface area contributed by atoms with Gasteiger partial charge in [-0.15, -0.1) is 0 Å². The van der Waals surface area contributed by atoms with Gasteiger partial charge in [0.1, 0.15) is 11.4 Å². The van der Waals surface area contributed by atoms with E-state index in [-0.39, 0.29) is 5.91 Å². The number of carbonyl (C=O) groups excluding carboxylic acids is 1. The minimum Gasteiger partial charge on any atom is -0.494 e. The molecule has 164 valence electrons. The van der Waals surface area contributed by atoms with Gasteiger partial charge in [0.2, 0.25) is 0 Å². The van der Waals surface area contributed by atoms with Crippen molar-refractivity contribution in [2.24, 2.45) is 0 Å². The van der Waals surface area contributed by atoms with Gasteiger partial charge < -0.3 is 19.4 Å². The van der Waals surface area contributed by atoms with E-state index in [1.54, 1.807) is 0 Å². The molecule has 2 aromatic heterocycles. The fourth-order valence-corrected chi connectivity index (χ4v) is 4.21. The molecule has 31 heavy (non-hydrogen) atoms. The molecule has 3 heterocycles. The number of amides is 1. The molecule has 6 heteroatoms. The average Bonchev–Trinajstić information content (AvgIpc) is 3.20. The number of rotatable bonds is 8. The molecular weight excluding hydrogens is 388 g/mol. The van der Waals surface area contributed by atoms with Crippen molar-refractivity contribution in [2.45, 2.75) is 46.0 Å². The lowest BCUT2D eigenvalue weighted by Crippen LogP contribution is -2.30. The lowest BCUT2D eigenvalue weighted by molar-refractivity contribution is 0.102. The molecule has 0 saturated carbocycles. The highest BCUT2D eigenvalue weighted by Gasteiger charge is 2.14. The molecule has 1 fully saturated rings. The molecule has 0 spiro atoms. The molecule has 1 saturated heterocycles. The largest absolute Gasteiger partial charge is 0.494 e. The van der Waals surface area contributed by atoms with E-state index in [0.29, 0.717) is 11.2 Å². The molecule has 1 aliphatic rings. The second kappa shape index (κ2) is 9.96. The number of aromatic nitrogens is 2. The van der Waals surface area contributed by atoms with Gasteiger partial charge in [0.25, 0.3) is 5.91 Å². The number of unbranched alkanes of at least 4 members (excludes halogenated alkanes) is 1. The van der Waals surface area contributed by atoms with Crippen LogP contribution in [0.15, 0.2) is 42.6 Å². The van der Waals surface area contributed by atoms with Gasteiger partial charge in [0.15, 0.2) is 0 Å². The Morgan fingerprint density at radius 3 is 2.61 bits per heavy atom. The number of nitrogens with one attached hydrogen (secondary N) is 1. The van der Waals surface area contributed by atoms with Crippen LogP contribution in [-0.2, 0) is 0 Å². The molecule has 1 aliphatic heterocycles. The van der Waals surface area contributed by atoms with Gasteiger partial charge in [-0.05, 0) is 95.6 Å². The standard InChI is InChI=1S/C25H32N4O2/c1-19-18-20(2)29-16-12-23(24(29)26-19)25(30)27-21-8-10-22(11-9-21)31-17-7-6-15-28-13-4-3-5-14-28/h8-12,16,18H,3-7,13-15,17H2,1-2H3,(H,27,30). The Balaban J connectivity index is 1.26. The average molecular weight is 421 g/mol. The molecule has 0 radical (unpaired) electrons. The number of aryl methyl sites for hydroxylation is 2. The summed E-state index contributed by atoms with van der Waals surface area (Å²) in [5.41, 5.74) is 3.95. The molecular formula is C25H32N4O2. The van der Waals surface area contributed by atoms with Crippen molar-refractivity contribution < 1.29 is 9.53 Å². The number of fused-ring (bicyclic) bond motifs is 1. The summed E-state index contributed by atoms with van der Waals surface area (Å²) < 4.78 is 7.80. The van der Waals surface area contributed by atoms with Crippen LogP contribution in [0.2, 0.25) is 0 Å². The Morgan fingerprint density at radius 1 is 1.06 bits per heavy atom. The molecule has 0 aliphatic carbocycles. The first kappa shape index (κ1) is 21.4. The quantitative estimate of drug-likeness (QED) is 0.529. The molecule has 0 bridgehead atoms. The first-order valence-corrected chi connectivity index (χ1v) is 11.3. The highest BCUT2D eigenvalue weighted by atomic mass is 16.5. The van der Waals surface area contributed by atoms with Crippen molar-refractivity contribution in [1.29, 1.82) is 0 Å². The minimum absolute atomic E-state index is 0.161.